The van der Waals surface area contributed by atoms with Gasteiger partial charge < -0.3 is 9.47 Å². The van der Waals surface area contributed by atoms with Gasteiger partial charge in [0.15, 0.2) is 5.72 Å². The largest absolute Gasteiger partial charge is 0.497 e. The Labute approximate surface area is 138 Å². The van der Waals surface area contributed by atoms with E-state index in [0.29, 0.717) is 11.8 Å². The molecule has 3 unspecified atom stereocenters. The number of hydrogen-bond acceptors (Lipinski definition) is 3. The maximum absolute atomic E-state index is 6.34. The Kier molecular flexibility index (Phi) is 4.58. The van der Waals surface area contributed by atoms with Crippen LogP contribution in [0.3, 0.4) is 0 Å². The van der Waals surface area contributed by atoms with Gasteiger partial charge in [0.25, 0.3) is 0 Å². The molecule has 0 radical (unpaired) electrons. The molecule has 3 rings (SSSR count). The van der Waals surface area contributed by atoms with Crippen LogP contribution in [0.4, 0.5) is 0 Å². The molecule has 0 saturated carbocycles. The molecule has 3 heteroatoms. The van der Waals surface area contributed by atoms with E-state index < -0.39 is 0 Å². The van der Waals surface area contributed by atoms with Gasteiger partial charge in [-0.05, 0) is 55.6 Å². The quantitative estimate of drug-likeness (QED) is 0.918. The molecule has 1 saturated heterocycles. The summed E-state index contributed by atoms with van der Waals surface area (Å²) in [6.07, 6.45) is 1.13. The molecule has 0 aromatic heterocycles. The van der Waals surface area contributed by atoms with E-state index >= 15 is 0 Å². The van der Waals surface area contributed by atoms with Crippen LogP contribution >= 0.6 is 0 Å². The lowest BCUT2D eigenvalue weighted by atomic mass is 9.76. The standard InChI is InChI=1S/C20H25NO2/c1-15-19(16-7-5-4-6-8-16)13-14-21-20(15,2)23-18-11-9-17(22-3)10-12-18/h4-12,15,19,21H,13-14H2,1-3H3. The third-order valence-corrected chi connectivity index (χ3v) is 5.02. The van der Waals surface area contributed by atoms with Gasteiger partial charge in [0.1, 0.15) is 11.5 Å². The summed E-state index contributed by atoms with van der Waals surface area (Å²) in [5.41, 5.74) is 1.01. The summed E-state index contributed by atoms with van der Waals surface area (Å²) < 4.78 is 11.5. The normalized spacial score (nSPS) is 27.4. The first-order chi connectivity index (χ1) is 11.1. The Balaban J connectivity index is 1.79. The van der Waals surface area contributed by atoms with E-state index in [2.05, 4.69) is 49.5 Å². The molecule has 0 aliphatic carbocycles. The maximum atomic E-state index is 6.34. The van der Waals surface area contributed by atoms with E-state index in [1.165, 1.54) is 5.56 Å². The van der Waals surface area contributed by atoms with Crippen molar-refractivity contribution in [2.24, 2.45) is 5.92 Å². The maximum Gasteiger partial charge on any atom is 0.161 e. The third-order valence-electron chi connectivity index (χ3n) is 5.02. The fourth-order valence-corrected chi connectivity index (χ4v) is 3.44. The minimum atomic E-state index is -0.382. The molecule has 3 atom stereocenters. The number of ether oxygens (including phenoxy) is 2. The minimum absolute atomic E-state index is 0.362. The minimum Gasteiger partial charge on any atom is -0.497 e. The molecule has 2 aromatic carbocycles. The number of rotatable bonds is 4. The van der Waals surface area contributed by atoms with Crippen LogP contribution in [-0.2, 0) is 0 Å². The van der Waals surface area contributed by atoms with Crippen LogP contribution in [-0.4, -0.2) is 19.4 Å². The van der Waals surface area contributed by atoms with Gasteiger partial charge in [-0.3, -0.25) is 5.32 Å². The Hall–Kier alpha value is -2.00. The molecule has 1 heterocycles. The molecule has 3 nitrogen and oxygen atoms in total. The number of benzene rings is 2. The fourth-order valence-electron chi connectivity index (χ4n) is 3.44. The van der Waals surface area contributed by atoms with Crippen LogP contribution in [0.2, 0.25) is 0 Å². The molecule has 0 spiro atoms. The van der Waals surface area contributed by atoms with E-state index in [-0.39, 0.29) is 5.72 Å². The lowest BCUT2D eigenvalue weighted by molar-refractivity contribution is -0.0313. The van der Waals surface area contributed by atoms with Gasteiger partial charge in [-0.15, -0.1) is 0 Å². The van der Waals surface area contributed by atoms with Gasteiger partial charge in [0, 0.05) is 5.92 Å². The van der Waals surface area contributed by atoms with Crippen molar-refractivity contribution in [1.82, 2.24) is 5.32 Å². The highest BCUT2D eigenvalue weighted by atomic mass is 16.5. The monoisotopic (exact) mass is 311 g/mol. The molecule has 23 heavy (non-hydrogen) atoms. The van der Waals surface area contributed by atoms with Crippen LogP contribution in [0, 0.1) is 5.92 Å². The third kappa shape index (κ3) is 3.35. The predicted octanol–water partition coefficient (Wildman–Crippen LogP) is 4.20. The summed E-state index contributed by atoms with van der Waals surface area (Å²) in [6, 6.07) is 18.5. The molecular formula is C20H25NO2. The van der Waals surface area contributed by atoms with E-state index in [9.17, 15) is 0 Å². The first-order valence-corrected chi connectivity index (χ1v) is 8.25. The second kappa shape index (κ2) is 6.63. The summed E-state index contributed by atoms with van der Waals surface area (Å²) in [7, 11) is 1.67. The van der Waals surface area contributed by atoms with Crippen molar-refractivity contribution < 1.29 is 9.47 Å². The Morgan fingerprint density at radius 3 is 2.30 bits per heavy atom. The first-order valence-electron chi connectivity index (χ1n) is 8.25. The van der Waals surface area contributed by atoms with Crippen molar-refractivity contribution in [2.75, 3.05) is 13.7 Å². The summed E-state index contributed by atoms with van der Waals surface area (Å²) in [5.74, 6) is 2.57. The van der Waals surface area contributed by atoms with Crippen molar-refractivity contribution in [1.29, 1.82) is 0 Å². The number of nitrogens with one attached hydrogen (secondary N) is 1. The van der Waals surface area contributed by atoms with Crippen LogP contribution in [0.1, 0.15) is 31.7 Å². The molecule has 0 bridgehead atoms. The molecule has 1 aliphatic heterocycles. The average Bonchev–Trinajstić information content (AvgIpc) is 2.59. The highest BCUT2D eigenvalue weighted by molar-refractivity contribution is 5.32. The second-order valence-corrected chi connectivity index (χ2v) is 6.41. The Morgan fingerprint density at radius 1 is 1.00 bits per heavy atom. The number of piperidine rings is 1. The molecular weight excluding hydrogens is 286 g/mol. The summed E-state index contributed by atoms with van der Waals surface area (Å²) in [6.45, 7) is 5.38. The number of methoxy groups -OCH3 is 1. The lowest BCUT2D eigenvalue weighted by Gasteiger charge is -2.45. The van der Waals surface area contributed by atoms with Crippen LogP contribution in [0.15, 0.2) is 54.6 Å². The van der Waals surface area contributed by atoms with E-state index in [1.807, 2.05) is 24.3 Å². The summed E-state index contributed by atoms with van der Waals surface area (Å²) >= 11 is 0. The van der Waals surface area contributed by atoms with Gasteiger partial charge in [0.05, 0.1) is 7.11 Å². The zero-order valence-corrected chi connectivity index (χ0v) is 14.1. The van der Waals surface area contributed by atoms with Gasteiger partial charge in [-0.2, -0.15) is 0 Å². The molecule has 0 amide bonds. The van der Waals surface area contributed by atoms with Crippen molar-refractivity contribution in [3.05, 3.63) is 60.2 Å². The van der Waals surface area contributed by atoms with Crippen molar-refractivity contribution in [2.45, 2.75) is 31.9 Å². The molecule has 2 aromatic rings. The Bertz CT molecular complexity index is 626. The summed E-state index contributed by atoms with van der Waals surface area (Å²) in [4.78, 5) is 0. The highest BCUT2D eigenvalue weighted by Crippen LogP contribution is 2.39. The highest BCUT2D eigenvalue weighted by Gasteiger charge is 2.41. The van der Waals surface area contributed by atoms with Gasteiger partial charge >= 0.3 is 0 Å². The molecule has 1 aliphatic rings. The predicted molar refractivity (Wildman–Crippen MR) is 93.0 cm³/mol. The topological polar surface area (TPSA) is 30.5 Å². The fraction of sp³-hybridized carbons (Fsp3) is 0.400. The van der Waals surface area contributed by atoms with Crippen molar-refractivity contribution >= 4 is 0 Å². The van der Waals surface area contributed by atoms with Gasteiger partial charge in [-0.1, -0.05) is 37.3 Å². The smallest absolute Gasteiger partial charge is 0.161 e. The number of hydrogen-bond donors (Lipinski definition) is 1. The lowest BCUT2D eigenvalue weighted by Crippen LogP contribution is -2.58. The van der Waals surface area contributed by atoms with Gasteiger partial charge in [0.2, 0.25) is 0 Å². The molecule has 1 fully saturated rings. The van der Waals surface area contributed by atoms with E-state index in [0.717, 1.165) is 24.5 Å². The zero-order chi connectivity index (χ0) is 16.3. The van der Waals surface area contributed by atoms with Crippen molar-refractivity contribution in [3.8, 4) is 11.5 Å². The summed E-state index contributed by atoms with van der Waals surface area (Å²) in [5, 5.41) is 3.57. The molecule has 1 N–H and O–H groups in total. The van der Waals surface area contributed by atoms with Crippen molar-refractivity contribution in [3.63, 3.8) is 0 Å². The van der Waals surface area contributed by atoms with Gasteiger partial charge in [-0.25, -0.2) is 0 Å². The van der Waals surface area contributed by atoms with E-state index in [1.54, 1.807) is 7.11 Å². The van der Waals surface area contributed by atoms with Crippen LogP contribution in [0.25, 0.3) is 0 Å². The zero-order valence-electron chi connectivity index (χ0n) is 14.1. The Morgan fingerprint density at radius 2 is 1.65 bits per heavy atom. The van der Waals surface area contributed by atoms with Crippen LogP contribution < -0.4 is 14.8 Å². The molecule has 122 valence electrons. The average molecular weight is 311 g/mol. The van der Waals surface area contributed by atoms with E-state index in [4.69, 9.17) is 9.47 Å². The SMILES string of the molecule is COc1ccc(OC2(C)NCCC(c3ccccc3)C2C)cc1. The first kappa shape index (κ1) is 15.9. The van der Waals surface area contributed by atoms with Crippen LogP contribution in [0.5, 0.6) is 11.5 Å². The second-order valence-electron chi connectivity index (χ2n) is 6.41.